The Morgan fingerprint density at radius 1 is 1.07 bits per heavy atom. The molecule has 4 rings (SSSR count). The molecule has 0 radical (unpaired) electrons. The van der Waals surface area contributed by atoms with Gasteiger partial charge >= 0.3 is 0 Å². The molecule has 0 saturated carbocycles. The SMILES string of the molecule is Cc1ccn2cc(-c3ccc(NC(=O)c4ccc([N+](=O)[O-])cc4)cc3)nc2c1. The van der Waals surface area contributed by atoms with E-state index in [1.807, 2.05) is 48.0 Å². The molecule has 2 aromatic heterocycles. The van der Waals surface area contributed by atoms with Gasteiger partial charge in [0.25, 0.3) is 11.6 Å². The molecule has 138 valence electrons. The lowest BCUT2D eigenvalue weighted by atomic mass is 10.1. The van der Waals surface area contributed by atoms with E-state index in [9.17, 15) is 14.9 Å². The van der Waals surface area contributed by atoms with Crippen molar-refractivity contribution in [2.45, 2.75) is 6.92 Å². The largest absolute Gasteiger partial charge is 0.322 e. The van der Waals surface area contributed by atoms with Crippen LogP contribution in [-0.4, -0.2) is 20.2 Å². The number of nitro benzene ring substituents is 1. The highest BCUT2D eigenvalue weighted by molar-refractivity contribution is 6.04. The number of nitro groups is 1. The van der Waals surface area contributed by atoms with Gasteiger partial charge in [0.2, 0.25) is 0 Å². The number of aryl methyl sites for hydroxylation is 1. The van der Waals surface area contributed by atoms with Crippen LogP contribution in [-0.2, 0) is 0 Å². The van der Waals surface area contributed by atoms with E-state index >= 15 is 0 Å². The molecule has 1 N–H and O–H groups in total. The summed E-state index contributed by atoms with van der Waals surface area (Å²) in [6.45, 7) is 2.02. The summed E-state index contributed by atoms with van der Waals surface area (Å²) in [7, 11) is 0. The van der Waals surface area contributed by atoms with Gasteiger partial charge in [-0.15, -0.1) is 0 Å². The van der Waals surface area contributed by atoms with Crippen molar-refractivity contribution in [3.8, 4) is 11.3 Å². The number of non-ortho nitro benzene ring substituents is 1. The van der Waals surface area contributed by atoms with Crippen molar-refractivity contribution in [2.75, 3.05) is 5.32 Å². The van der Waals surface area contributed by atoms with Crippen LogP contribution in [0.1, 0.15) is 15.9 Å². The molecule has 0 saturated heterocycles. The van der Waals surface area contributed by atoms with Gasteiger partial charge in [0.1, 0.15) is 5.65 Å². The topological polar surface area (TPSA) is 89.5 Å². The molecule has 7 nitrogen and oxygen atoms in total. The number of amides is 1. The maximum absolute atomic E-state index is 12.3. The number of aromatic nitrogens is 2. The fraction of sp³-hybridized carbons (Fsp3) is 0.0476. The number of hydrogen-bond donors (Lipinski definition) is 1. The summed E-state index contributed by atoms with van der Waals surface area (Å²) in [6.07, 6.45) is 3.93. The number of anilines is 1. The van der Waals surface area contributed by atoms with Gasteiger partial charge in [0.05, 0.1) is 10.6 Å². The first-order valence-corrected chi connectivity index (χ1v) is 8.61. The van der Waals surface area contributed by atoms with E-state index in [0.29, 0.717) is 11.3 Å². The summed E-state index contributed by atoms with van der Waals surface area (Å²) in [5, 5.41) is 13.5. The Labute approximate surface area is 160 Å². The van der Waals surface area contributed by atoms with Gasteiger partial charge in [-0.25, -0.2) is 4.98 Å². The molecule has 1 amide bonds. The quantitative estimate of drug-likeness (QED) is 0.423. The predicted molar refractivity (Wildman–Crippen MR) is 106 cm³/mol. The third-order valence-corrected chi connectivity index (χ3v) is 4.39. The number of nitrogens with zero attached hydrogens (tertiary/aromatic N) is 3. The average Bonchev–Trinajstić information content (AvgIpc) is 3.11. The first kappa shape index (κ1) is 17.4. The standard InChI is InChI=1S/C21H16N4O3/c1-14-10-11-24-13-19(23-20(24)12-14)15-2-6-17(7-3-15)22-21(26)16-4-8-18(9-5-16)25(27)28/h2-13H,1H3,(H,22,26). The lowest BCUT2D eigenvalue weighted by Crippen LogP contribution is -2.11. The van der Waals surface area contributed by atoms with Crippen LogP contribution < -0.4 is 5.32 Å². The van der Waals surface area contributed by atoms with Gasteiger partial charge in [-0.05, 0) is 48.9 Å². The van der Waals surface area contributed by atoms with Crippen molar-refractivity contribution < 1.29 is 9.72 Å². The summed E-state index contributed by atoms with van der Waals surface area (Å²) < 4.78 is 1.96. The Morgan fingerprint density at radius 2 is 1.79 bits per heavy atom. The maximum Gasteiger partial charge on any atom is 0.269 e. The third-order valence-electron chi connectivity index (χ3n) is 4.39. The minimum absolute atomic E-state index is 0.0523. The first-order chi connectivity index (χ1) is 13.5. The Kier molecular flexibility index (Phi) is 4.33. The number of benzene rings is 2. The number of fused-ring (bicyclic) bond motifs is 1. The Bertz CT molecular complexity index is 1180. The van der Waals surface area contributed by atoms with E-state index in [-0.39, 0.29) is 11.6 Å². The summed E-state index contributed by atoms with van der Waals surface area (Å²) in [6, 6.07) is 16.9. The highest BCUT2D eigenvalue weighted by atomic mass is 16.6. The van der Waals surface area contributed by atoms with Gasteiger partial charge in [0, 0.05) is 41.3 Å². The van der Waals surface area contributed by atoms with E-state index in [1.54, 1.807) is 12.1 Å². The smallest absolute Gasteiger partial charge is 0.269 e. The summed E-state index contributed by atoms with van der Waals surface area (Å²) >= 11 is 0. The fourth-order valence-electron chi connectivity index (χ4n) is 2.88. The second-order valence-corrected chi connectivity index (χ2v) is 6.43. The van der Waals surface area contributed by atoms with Gasteiger partial charge in [-0.2, -0.15) is 0 Å². The summed E-state index contributed by atoms with van der Waals surface area (Å²) in [4.78, 5) is 27.1. The van der Waals surface area contributed by atoms with E-state index in [0.717, 1.165) is 22.5 Å². The number of carbonyl (C=O) groups excluding carboxylic acids is 1. The normalized spacial score (nSPS) is 10.8. The molecule has 0 fully saturated rings. The highest BCUT2D eigenvalue weighted by Gasteiger charge is 2.10. The molecular weight excluding hydrogens is 356 g/mol. The number of hydrogen-bond acceptors (Lipinski definition) is 4. The van der Waals surface area contributed by atoms with Crippen molar-refractivity contribution in [3.05, 3.63) is 94.3 Å². The Morgan fingerprint density at radius 3 is 2.46 bits per heavy atom. The summed E-state index contributed by atoms with van der Waals surface area (Å²) in [5.41, 5.74) is 4.74. The van der Waals surface area contributed by atoms with Gasteiger partial charge in [-0.1, -0.05) is 12.1 Å². The van der Waals surface area contributed by atoms with E-state index < -0.39 is 4.92 Å². The van der Waals surface area contributed by atoms with E-state index in [1.165, 1.54) is 24.3 Å². The number of rotatable bonds is 4. The maximum atomic E-state index is 12.3. The molecule has 7 heteroatoms. The second kappa shape index (κ2) is 6.96. The van der Waals surface area contributed by atoms with Crippen LogP contribution in [0.2, 0.25) is 0 Å². The van der Waals surface area contributed by atoms with Crippen molar-refractivity contribution in [1.29, 1.82) is 0 Å². The number of carbonyl (C=O) groups is 1. The molecule has 0 aliphatic heterocycles. The molecule has 0 aliphatic carbocycles. The van der Waals surface area contributed by atoms with E-state index in [2.05, 4.69) is 10.3 Å². The van der Waals surface area contributed by atoms with Crippen LogP contribution in [0.5, 0.6) is 0 Å². The average molecular weight is 372 g/mol. The molecule has 0 atom stereocenters. The Hall–Kier alpha value is -4.00. The number of imidazole rings is 1. The Balaban J connectivity index is 1.50. The van der Waals surface area contributed by atoms with Crippen LogP contribution in [0, 0.1) is 17.0 Å². The van der Waals surface area contributed by atoms with Crippen LogP contribution in [0.15, 0.2) is 73.1 Å². The highest BCUT2D eigenvalue weighted by Crippen LogP contribution is 2.22. The van der Waals surface area contributed by atoms with Crippen LogP contribution >= 0.6 is 0 Å². The first-order valence-electron chi connectivity index (χ1n) is 8.61. The zero-order chi connectivity index (χ0) is 19.7. The molecule has 2 aromatic carbocycles. The fourth-order valence-corrected chi connectivity index (χ4v) is 2.88. The van der Waals surface area contributed by atoms with Crippen LogP contribution in [0.25, 0.3) is 16.9 Å². The number of pyridine rings is 1. The third kappa shape index (κ3) is 3.45. The number of nitrogens with one attached hydrogen (secondary N) is 1. The second-order valence-electron chi connectivity index (χ2n) is 6.43. The molecule has 0 aliphatic rings. The molecular formula is C21H16N4O3. The van der Waals surface area contributed by atoms with Gasteiger partial charge in [0.15, 0.2) is 0 Å². The molecule has 2 heterocycles. The lowest BCUT2D eigenvalue weighted by molar-refractivity contribution is -0.384. The lowest BCUT2D eigenvalue weighted by Gasteiger charge is -2.06. The minimum Gasteiger partial charge on any atom is -0.322 e. The van der Waals surface area contributed by atoms with Gasteiger partial charge < -0.3 is 9.72 Å². The van der Waals surface area contributed by atoms with Crippen molar-refractivity contribution in [3.63, 3.8) is 0 Å². The monoisotopic (exact) mass is 372 g/mol. The molecule has 28 heavy (non-hydrogen) atoms. The van der Waals surface area contributed by atoms with Crippen molar-refractivity contribution in [1.82, 2.24) is 9.38 Å². The van der Waals surface area contributed by atoms with E-state index in [4.69, 9.17) is 0 Å². The van der Waals surface area contributed by atoms with Crippen LogP contribution in [0.3, 0.4) is 0 Å². The van der Waals surface area contributed by atoms with Crippen LogP contribution in [0.4, 0.5) is 11.4 Å². The molecule has 0 bridgehead atoms. The van der Waals surface area contributed by atoms with Crippen molar-refractivity contribution in [2.24, 2.45) is 0 Å². The zero-order valence-corrected chi connectivity index (χ0v) is 15.0. The molecule has 0 spiro atoms. The minimum atomic E-state index is -0.499. The summed E-state index contributed by atoms with van der Waals surface area (Å²) in [5.74, 6) is -0.328. The molecule has 4 aromatic rings. The zero-order valence-electron chi connectivity index (χ0n) is 15.0. The van der Waals surface area contributed by atoms with Gasteiger partial charge in [-0.3, -0.25) is 14.9 Å². The molecule has 0 unspecified atom stereocenters. The predicted octanol–water partition coefficient (Wildman–Crippen LogP) is 4.47. The van der Waals surface area contributed by atoms with Crippen molar-refractivity contribution >= 4 is 22.9 Å².